The van der Waals surface area contributed by atoms with Gasteiger partial charge in [0.15, 0.2) is 0 Å². The van der Waals surface area contributed by atoms with Gasteiger partial charge in [0, 0.05) is 18.7 Å². The van der Waals surface area contributed by atoms with Crippen LogP contribution in [0.1, 0.15) is 5.56 Å². The van der Waals surface area contributed by atoms with E-state index in [0.717, 1.165) is 16.8 Å². The molecule has 0 aliphatic rings. The highest BCUT2D eigenvalue weighted by atomic mass is 16.5. The number of hydrogen-bond donors (Lipinski definition) is 1. The monoisotopic (exact) mass is 204 g/mol. The van der Waals surface area contributed by atoms with E-state index in [9.17, 15) is 0 Å². The van der Waals surface area contributed by atoms with Crippen molar-refractivity contribution in [2.75, 3.05) is 12.8 Å². The molecule has 15 heavy (non-hydrogen) atoms. The van der Waals surface area contributed by atoms with Crippen LogP contribution >= 0.6 is 0 Å². The number of aromatic nitrogens is 1. The highest BCUT2D eigenvalue weighted by Gasteiger charge is 2.04. The van der Waals surface area contributed by atoms with Crippen molar-refractivity contribution in [2.45, 2.75) is 6.61 Å². The summed E-state index contributed by atoms with van der Waals surface area (Å²) in [5.74, 6) is 0.321. The Kier molecular flexibility index (Phi) is 2.69. The zero-order valence-corrected chi connectivity index (χ0v) is 8.43. The quantitative estimate of drug-likeness (QED) is 0.831. The lowest BCUT2D eigenvalue weighted by molar-refractivity contribution is 0.185. The molecule has 2 rings (SSSR count). The van der Waals surface area contributed by atoms with Crippen LogP contribution in [0.4, 0.5) is 5.88 Å². The average Bonchev–Trinajstić information content (AvgIpc) is 2.66. The topological polar surface area (TPSA) is 61.3 Å². The fraction of sp³-hybridized carbons (Fsp3) is 0.182. The summed E-state index contributed by atoms with van der Waals surface area (Å²) in [7, 11) is 1.67. The van der Waals surface area contributed by atoms with Crippen molar-refractivity contribution >= 4 is 5.88 Å². The molecule has 0 atom stereocenters. The van der Waals surface area contributed by atoms with Gasteiger partial charge < -0.3 is 15.0 Å². The maximum Gasteiger partial charge on any atom is 0.222 e. The van der Waals surface area contributed by atoms with E-state index in [4.69, 9.17) is 15.0 Å². The molecule has 0 radical (unpaired) electrons. The van der Waals surface area contributed by atoms with E-state index in [-0.39, 0.29) is 0 Å². The Morgan fingerprint density at radius 2 is 2.27 bits per heavy atom. The Morgan fingerprint density at radius 3 is 2.93 bits per heavy atom. The molecule has 1 aromatic carbocycles. The Labute approximate surface area is 87.6 Å². The SMILES string of the molecule is COCc1cccc(-c2cc(N)on2)c1. The van der Waals surface area contributed by atoms with Crippen molar-refractivity contribution in [2.24, 2.45) is 0 Å². The molecule has 0 bridgehead atoms. The van der Waals surface area contributed by atoms with Gasteiger partial charge >= 0.3 is 0 Å². The highest BCUT2D eigenvalue weighted by molar-refractivity contribution is 5.61. The molecule has 0 fully saturated rings. The Morgan fingerprint density at radius 1 is 1.40 bits per heavy atom. The number of methoxy groups -OCH3 is 1. The molecule has 0 amide bonds. The average molecular weight is 204 g/mol. The molecule has 0 aliphatic carbocycles. The number of rotatable bonds is 3. The second-order valence-electron chi connectivity index (χ2n) is 3.25. The molecule has 4 heteroatoms. The molecule has 0 spiro atoms. The minimum atomic E-state index is 0.321. The third kappa shape index (κ3) is 2.16. The number of hydrogen-bond acceptors (Lipinski definition) is 4. The van der Waals surface area contributed by atoms with Crippen LogP contribution < -0.4 is 5.73 Å². The van der Waals surface area contributed by atoms with Crippen LogP contribution in [0, 0.1) is 0 Å². The summed E-state index contributed by atoms with van der Waals surface area (Å²) in [4.78, 5) is 0. The minimum Gasteiger partial charge on any atom is -0.380 e. The summed E-state index contributed by atoms with van der Waals surface area (Å²) >= 11 is 0. The van der Waals surface area contributed by atoms with Gasteiger partial charge in [-0.2, -0.15) is 0 Å². The Balaban J connectivity index is 2.32. The Bertz CT molecular complexity index is 451. The lowest BCUT2D eigenvalue weighted by Crippen LogP contribution is -1.87. The van der Waals surface area contributed by atoms with E-state index in [1.807, 2.05) is 24.3 Å². The van der Waals surface area contributed by atoms with Crippen LogP contribution in [-0.4, -0.2) is 12.3 Å². The van der Waals surface area contributed by atoms with Crippen LogP contribution in [0.2, 0.25) is 0 Å². The summed E-state index contributed by atoms with van der Waals surface area (Å²) < 4.78 is 9.87. The normalized spacial score (nSPS) is 10.5. The Hall–Kier alpha value is -1.81. The summed E-state index contributed by atoms with van der Waals surface area (Å²) in [6.07, 6.45) is 0. The van der Waals surface area contributed by atoms with Gasteiger partial charge in [0.25, 0.3) is 0 Å². The van der Waals surface area contributed by atoms with E-state index >= 15 is 0 Å². The first-order chi connectivity index (χ1) is 7.29. The lowest BCUT2D eigenvalue weighted by atomic mass is 10.1. The molecular weight excluding hydrogens is 192 g/mol. The minimum absolute atomic E-state index is 0.321. The molecule has 1 aromatic heterocycles. The molecule has 78 valence electrons. The molecule has 4 nitrogen and oxygen atoms in total. The van der Waals surface area contributed by atoms with Crippen molar-refractivity contribution in [1.82, 2.24) is 5.16 Å². The standard InChI is InChI=1S/C11H12N2O2/c1-14-7-8-3-2-4-9(5-8)10-6-11(12)15-13-10/h2-6H,7,12H2,1H3. The maximum absolute atomic E-state index is 5.46. The van der Waals surface area contributed by atoms with Crippen LogP contribution in [0.25, 0.3) is 11.3 Å². The van der Waals surface area contributed by atoms with Crippen molar-refractivity contribution in [3.63, 3.8) is 0 Å². The van der Waals surface area contributed by atoms with E-state index in [2.05, 4.69) is 5.16 Å². The molecular formula is C11H12N2O2. The van der Waals surface area contributed by atoms with Gasteiger partial charge in [0.05, 0.1) is 6.61 Å². The lowest BCUT2D eigenvalue weighted by Gasteiger charge is -2.01. The third-order valence-electron chi connectivity index (χ3n) is 2.06. The molecule has 1 heterocycles. The summed E-state index contributed by atoms with van der Waals surface area (Å²) in [6, 6.07) is 9.61. The molecule has 2 N–H and O–H groups in total. The van der Waals surface area contributed by atoms with E-state index < -0.39 is 0 Å². The van der Waals surface area contributed by atoms with Gasteiger partial charge in [0.2, 0.25) is 5.88 Å². The zero-order chi connectivity index (χ0) is 10.7. The number of nitrogens with zero attached hydrogens (tertiary/aromatic N) is 1. The maximum atomic E-state index is 5.46. The largest absolute Gasteiger partial charge is 0.380 e. The number of benzene rings is 1. The van der Waals surface area contributed by atoms with Gasteiger partial charge in [-0.25, -0.2) is 0 Å². The summed E-state index contributed by atoms with van der Waals surface area (Å²) in [6.45, 7) is 0.584. The van der Waals surface area contributed by atoms with Gasteiger partial charge in [-0.05, 0) is 11.6 Å². The van der Waals surface area contributed by atoms with Crippen LogP contribution in [0.15, 0.2) is 34.9 Å². The summed E-state index contributed by atoms with van der Waals surface area (Å²) in [5, 5.41) is 3.85. The first-order valence-electron chi connectivity index (χ1n) is 4.60. The van der Waals surface area contributed by atoms with Gasteiger partial charge in [-0.1, -0.05) is 23.4 Å². The zero-order valence-electron chi connectivity index (χ0n) is 8.43. The fourth-order valence-corrected chi connectivity index (χ4v) is 1.41. The fourth-order valence-electron chi connectivity index (χ4n) is 1.41. The smallest absolute Gasteiger partial charge is 0.222 e. The predicted octanol–water partition coefficient (Wildman–Crippen LogP) is 2.07. The van der Waals surface area contributed by atoms with Crippen molar-refractivity contribution in [1.29, 1.82) is 0 Å². The number of ether oxygens (including phenoxy) is 1. The molecule has 0 aliphatic heterocycles. The van der Waals surface area contributed by atoms with E-state index in [0.29, 0.717) is 12.5 Å². The molecule has 0 saturated carbocycles. The first-order valence-corrected chi connectivity index (χ1v) is 4.60. The molecule has 0 saturated heterocycles. The number of anilines is 1. The predicted molar refractivity (Wildman–Crippen MR) is 57.1 cm³/mol. The van der Waals surface area contributed by atoms with Crippen LogP contribution in [0.5, 0.6) is 0 Å². The van der Waals surface area contributed by atoms with Crippen molar-refractivity contribution in [3.8, 4) is 11.3 Å². The summed E-state index contributed by atoms with van der Waals surface area (Å²) in [5.41, 5.74) is 8.27. The van der Waals surface area contributed by atoms with Crippen LogP contribution in [0.3, 0.4) is 0 Å². The molecule has 0 unspecified atom stereocenters. The third-order valence-corrected chi connectivity index (χ3v) is 2.06. The van der Waals surface area contributed by atoms with Gasteiger partial charge in [-0.3, -0.25) is 0 Å². The van der Waals surface area contributed by atoms with E-state index in [1.54, 1.807) is 13.2 Å². The highest BCUT2D eigenvalue weighted by Crippen LogP contribution is 2.21. The van der Waals surface area contributed by atoms with Crippen molar-refractivity contribution in [3.05, 3.63) is 35.9 Å². The second kappa shape index (κ2) is 4.14. The molecule has 2 aromatic rings. The number of nitrogen functional groups attached to an aromatic ring is 1. The van der Waals surface area contributed by atoms with Gasteiger partial charge in [0.1, 0.15) is 5.69 Å². The van der Waals surface area contributed by atoms with E-state index in [1.165, 1.54) is 0 Å². The van der Waals surface area contributed by atoms with Crippen LogP contribution in [-0.2, 0) is 11.3 Å². The number of nitrogens with two attached hydrogens (primary N) is 1. The first kappa shape index (κ1) is 9.73. The van der Waals surface area contributed by atoms with Gasteiger partial charge in [-0.15, -0.1) is 0 Å². The van der Waals surface area contributed by atoms with Crippen molar-refractivity contribution < 1.29 is 9.26 Å². The second-order valence-corrected chi connectivity index (χ2v) is 3.25.